The SMILES string of the molecule is CCOc1cc(/C=N/NC(=O)c2ccccc2)ccc1OCC(=O)Nc1ccc(Cl)cc1. The minimum Gasteiger partial charge on any atom is -0.490 e. The van der Waals surface area contributed by atoms with Crippen molar-refractivity contribution in [2.75, 3.05) is 18.5 Å². The lowest BCUT2D eigenvalue weighted by Crippen LogP contribution is -2.20. The predicted molar refractivity (Wildman–Crippen MR) is 125 cm³/mol. The van der Waals surface area contributed by atoms with E-state index in [1.54, 1.807) is 66.7 Å². The van der Waals surface area contributed by atoms with Crippen LogP contribution in [-0.2, 0) is 4.79 Å². The first-order valence-electron chi connectivity index (χ1n) is 9.88. The van der Waals surface area contributed by atoms with E-state index in [1.165, 1.54) is 6.21 Å². The van der Waals surface area contributed by atoms with Gasteiger partial charge in [0.15, 0.2) is 18.1 Å². The molecule has 32 heavy (non-hydrogen) atoms. The minimum atomic E-state index is -0.316. The summed E-state index contributed by atoms with van der Waals surface area (Å²) in [6, 6.07) is 20.7. The van der Waals surface area contributed by atoms with Crippen LogP contribution in [0.2, 0.25) is 5.02 Å². The molecule has 0 heterocycles. The smallest absolute Gasteiger partial charge is 0.271 e. The van der Waals surface area contributed by atoms with Crippen molar-refractivity contribution < 1.29 is 19.1 Å². The molecule has 0 bridgehead atoms. The number of anilines is 1. The number of hydrazone groups is 1. The van der Waals surface area contributed by atoms with Crippen molar-refractivity contribution in [1.29, 1.82) is 0 Å². The first kappa shape index (κ1) is 22.8. The molecule has 0 unspecified atom stereocenters. The zero-order valence-electron chi connectivity index (χ0n) is 17.4. The van der Waals surface area contributed by atoms with Crippen LogP contribution in [-0.4, -0.2) is 31.2 Å². The Bertz CT molecular complexity index is 1090. The third-order valence-electron chi connectivity index (χ3n) is 4.17. The van der Waals surface area contributed by atoms with E-state index in [4.69, 9.17) is 21.1 Å². The lowest BCUT2D eigenvalue weighted by Gasteiger charge is -2.12. The fraction of sp³-hybridized carbons (Fsp3) is 0.125. The van der Waals surface area contributed by atoms with E-state index in [2.05, 4.69) is 15.8 Å². The number of ether oxygens (including phenoxy) is 2. The fourth-order valence-corrected chi connectivity index (χ4v) is 2.81. The molecule has 2 N–H and O–H groups in total. The highest BCUT2D eigenvalue weighted by Crippen LogP contribution is 2.28. The Hall–Kier alpha value is -3.84. The lowest BCUT2D eigenvalue weighted by atomic mass is 10.2. The van der Waals surface area contributed by atoms with Gasteiger partial charge in [-0.05, 0) is 67.1 Å². The van der Waals surface area contributed by atoms with Gasteiger partial charge in [0, 0.05) is 16.3 Å². The third kappa shape index (κ3) is 6.85. The van der Waals surface area contributed by atoms with Gasteiger partial charge in [0.25, 0.3) is 11.8 Å². The topological polar surface area (TPSA) is 89.0 Å². The minimum absolute atomic E-state index is 0.191. The Kier molecular flexibility index (Phi) is 8.22. The maximum Gasteiger partial charge on any atom is 0.271 e. The van der Waals surface area contributed by atoms with Crippen molar-refractivity contribution in [2.45, 2.75) is 6.92 Å². The molecular weight excluding hydrogens is 430 g/mol. The quantitative estimate of drug-likeness (QED) is 0.370. The van der Waals surface area contributed by atoms with Crippen LogP contribution in [0, 0.1) is 0 Å². The Morgan fingerprint density at radius 1 is 0.969 bits per heavy atom. The van der Waals surface area contributed by atoms with E-state index in [1.807, 2.05) is 13.0 Å². The number of amides is 2. The normalized spacial score (nSPS) is 10.6. The van der Waals surface area contributed by atoms with Crippen molar-refractivity contribution in [1.82, 2.24) is 5.43 Å². The summed E-state index contributed by atoms with van der Waals surface area (Å²) in [5, 5.41) is 7.30. The second-order valence-corrected chi connectivity index (χ2v) is 6.98. The molecule has 0 aliphatic carbocycles. The van der Waals surface area contributed by atoms with Gasteiger partial charge >= 0.3 is 0 Å². The number of hydrogen-bond acceptors (Lipinski definition) is 5. The van der Waals surface area contributed by atoms with Gasteiger partial charge in [-0.25, -0.2) is 5.43 Å². The number of rotatable bonds is 9. The molecule has 7 nitrogen and oxygen atoms in total. The molecule has 8 heteroatoms. The molecule has 3 rings (SSSR count). The average molecular weight is 452 g/mol. The van der Waals surface area contributed by atoms with E-state index < -0.39 is 0 Å². The first-order valence-corrected chi connectivity index (χ1v) is 10.3. The third-order valence-corrected chi connectivity index (χ3v) is 4.42. The molecule has 3 aromatic carbocycles. The largest absolute Gasteiger partial charge is 0.490 e. The molecular formula is C24H22ClN3O4. The number of benzene rings is 3. The van der Waals surface area contributed by atoms with Crippen molar-refractivity contribution in [3.8, 4) is 11.5 Å². The summed E-state index contributed by atoms with van der Waals surface area (Å²) in [4.78, 5) is 24.2. The van der Waals surface area contributed by atoms with Gasteiger partial charge < -0.3 is 14.8 Å². The van der Waals surface area contributed by atoms with E-state index >= 15 is 0 Å². The molecule has 3 aromatic rings. The van der Waals surface area contributed by atoms with E-state index in [0.717, 1.165) is 0 Å². The molecule has 164 valence electrons. The number of halogens is 1. The molecule has 0 saturated heterocycles. The Morgan fingerprint density at radius 2 is 1.72 bits per heavy atom. The van der Waals surface area contributed by atoms with Crippen LogP contribution in [0.1, 0.15) is 22.8 Å². The van der Waals surface area contributed by atoms with Crippen molar-refractivity contribution >= 4 is 35.3 Å². The summed E-state index contributed by atoms with van der Waals surface area (Å²) in [6.07, 6.45) is 1.50. The summed E-state index contributed by atoms with van der Waals surface area (Å²) >= 11 is 5.84. The van der Waals surface area contributed by atoms with E-state index in [-0.39, 0.29) is 18.4 Å². The lowest BCUT2D eigenvalue weighted by molar-refractivity contribution is -0.118. The zero-order chi connectivity index (χ0) is 22.8. The molecule has 0 spiro atoms. The molecule has 2 amide bonds. The molecule has 0 saturated carbocycles. The Balaban J connectivity index is 1.59. The van der Waals surface area contributed by atoms with Gasteiger partial charge in [-0.1, -0.05) is 29.8 Å². The van der Waals surface area contributed by atoms with Crippen LogP contribution in [0.5, 0.6) is 11.5 Å². The van der Waals surface area contributed by atoms with Gasteiger partial charge in [-0.2, -0.15) is 5.10 Å². The summed E-state index contributed by atoms with van der Waals surface area (Å²) in [6.45, 7) is 2.07. The van der Waals surface area contributed by atoms with Gasteiger partial charge in [0.1, 0.15) is 0 Å². The van der Waals surface area contributed by atoms with Gasteiger partial charge in [0.2, 0.25) is 0 Å². The predicted octanol–water partition coefficient (Wildman–Crippen LogP) is 4.52. The summed E-state index contributed by atoms with van der Waals surface area (Å²) in [5.74, 6) is 0.260. The first-order chi connectivity index (χ1) is 15.5. The standard InChI is InChI=1S/C24H22ClN3O4/c1-2-31-22-14-17(15-26-28-24(30)18-6-4-3-5-7-18)8-13-21(22)32-16-23(29)27-20-11-9-19(25)10-12-20/h3-15H,2,16H2,1H3,(H,27,29)(H,28,30)/b26-15+. The van der Waals surface area contributed by atoms with Crippen LogP contribution in [0.15, 0.2) is 77.9 Å². The number of hydrogen-bond donors (Lipinski definition) is 2. The van der Waals surface area contributed by atoms with Crippen molar-refractivity contribution in [3.63, 3.8) is 0 Å². The monoisotopic (exact) mass is 451 g/mol. The Morgan fingerprint density at radius 3 is 2.44 bits per heavy atom. The van der Waals surface area contributed by atoms with Crippen LogP contribution >= 0.6 is 11.6 Å². The second-order valence-electron chi connectivity index (χ2n) is 6.55. The van der Waals surface area contributed by atoms with Crippen molar-refractivity contribution in [2.24, 2.45) is 5.10 Å². The fourth-order valence-electron chi connectivity index (χ4n) is 2.69. The summed E-state index contributed by atoms with van der Waals surface area (Å²) in [5.41, 5.74) is 4.31. The van der Waals surface area contributed by atoms with Gasteiger partial charge in [0.05, 0.1) is 12.8 Å². The molecule has 0 fully saturated rings. The van der Waals surface area contributed by atoms with Crippen LogP contribution in [0.4, 0.5) is 5.69 Å². The summed E-state index contributed by atoms with van der Waals surface area (Å²) in [7, 11) is 0. The molecule has 0 aliphatic heterocycles. The number of carbonyl (C=O) groups is 2. The maximum atomic E-state index is 12.2. The number of nitrogens with zero attached hydrogens (tertiary/aromatic N) is 1. The van der Waals surface area contributed by atoms with Crippen LogP contribution < -0.4 is 20.2 Å². The molecule has 0 aliphatic rings. The molecule has 0 aromatic heterocycles. The number of carbonyl (C=O) groups excluding carboxylic acids is 2. The van der Waals surface area contributed by atoms with Crippen LogP contribution in [0.25, 0.3) is 0 Å². The van der Waals surface area contributed by atoms with Crippen molar-refractivity contribution in [3.05, 3.63) is 88.9 Å². The highest BCUT2D eigenvalue weighted by atomic mass is 35.5. The molecule has 0 atom stereocenters. The second kappa shape index (κ2) is 11.5. The van der Waals surface area contributed by atoms with Gasteiger partial charge in [-0.15, -0.1) is 0 Å². The highest BCUT2D eigenvalue weighted by molar-refractivity contribution is 6.30. The van der Waals surface area contributed by atoms with E-state index in [9.17, 15) is 9.59 Å². The number of nitrogens with one attached hydrogen (secondary N) is 2. The maximum absolute atomic E-state index is 12.2. The van der Waals surface area contributed by atoms with Crippen LogP contribution in [0.3, 0.4) is 0 Å². The highest BCUT2D eigenvalue weighted by Gasteiger charge is 2.10. The molecule has 0 radical (unpaired) electrons. The van der Waals surface area contributed by atoms with Gasteiger partial charge in [-0.3, -0.25) is 9.59 Å². The zero-order valence-corrected chi connectivity index (χ0v) is 18.1. The Labute approximate surface area is 191 Å². The van der Waals surface area contributed by atoms with E-state index in [0.29, 0.717) is 39.9 Å². The average Bonchev–Trinajstić information content (AvgIpc) is 2.81. The summed E-state index contributed by atoms with van der Waals surface area (Å²) < 4.78 is 11.2.